The number of methoxy groups -OCH3 is 1. The van der Waals surface area contributed by atoms with Gasteiger partial charge in [0.2, 0.25) is 5.91 Å². The van der Waals surface area contributed by atoms with Gasteiger partial charge in [-0.15, -0.1) is 0 Å². The highest BCUT2D eigenvalue weighted by molar-refractivity contribution is 5.82. The van der Waals surface area contributed by atoms with Crippen LogP contribution in [-0.2, 0) is 11.2 Å². The third-order valence-corrected chi connectivity index (χ3v) is 4.45. The fraction of sp³-hybridized carbons (Fsp3) is 0.611. The Morgan fingerprint density at radius 2 is 1.82 bits per heavy atom. The lowest BCUT2D eigenvalue weighted by Crippen LogP contribution is -2.51. The SMILES string of the molecule is CCC(N)(CC)CNC(=O)C(C)(C)Cc1ccccc1OC. The van der Waals surface area contributed by atoms with E-state index in [2.05, 4.69) is 19.2 Å². The van der Waals surface area contributed by atoms with Gasteiger partial charge < -0.3 is 15.8 Å². The van der Waals surface area contributed by atoms with Crippen LogP contribution in [0.4, 0.5) is 0 Å². The number of hydrogen-bond acceptors (Lipinski definition) is 3. The Labute approximate surface area is 134 Å². The summed E-state index contributed by atoms with van der Waals surface area (Å²) in [6, 6.07) is 7.81. The van der Waals surface area contributed by atoms with E-state index in [-0.39, 0.29) is 11.4 Å². The molecule has 0 saturated heterocycles. The minimum absolute atomic E-state index is 0.0233. The Hall–Kier alpha value is -1.55. The molecule has 0 atom stereocenters. The molecule has 4 nitrogen and oxygen atoms in total. The lowest BCUT2D eigenvalue weighted by Gasteiger charge is -2.30. The van der Waals surface area contributed by atoms with Crippen LogP contribution < -0.4 is 15.8 Å². The standard InChI is InChI=1S/C18H30N2O2/c1-6-18(19,7-2)13-20-16(21)17(3,4)12-14-10-8-9-11-15(14)22-5/h8-11H,6-7,12-13,19H2,1-5H3,(H,20,21). The molecule has 22 heavy (non-hydrogen) atoms. The van der Waals surface area contributed by atoms with Crippen molar-refractivity contribution in [2.24, 2.45) is 11.1 Å². The van der Waals surface area contributed by atoms with Crippen LogP contribution in [-0.4, -0.2) is 25.1 Å². The maximum Gasteiger partial charge on any atom is 0.226 e. The van der Waals surface area contributed by atoms with Gasteiger partial charge in [0, 0.05) is 17.5 Å². The highest BCUT2D eigenvalue weighted by Crippen LogP contribution is 2.28. The van der Waals surface area contributed by atoms with Crippen molar-refractivity contribution >= 4 is 5.91 Å². The van der Waals surface area contributed by atoms with Gasteiger partial charge in [0.25, 0.3) is 0 Å². The fourth-order valence-corrected chi connectivity index (χ4v) is 2.40. The van der Waals surface area contributed by atoms with E-state index in [1.807, 2.05) is 38.1 Å². The zero-order valence-electron chi connectivity index (χ0n) is 14.5. The summed E-state index contributed by atoms with van der Waals surface area (Å²) < 4.78 is 5.37. The van der Waals surface area contributed by atoms with Gasteiger partial charge in [-0.2, -0.15) is 0 Å². The first-order valence-electron chi connectivity index (χ1n) is 7.97. The lowest BCUT2D eigenvalue weighted by molar-refractivity contribution is -0.129. The van der Waals surface area contributed by atoms with E-state index in [1.165, 1.54) is 0 Å². The van der Waals surface area contributed by atoms with Crippen molar-refractivity contribution in [2.75, 3.05) is 13.7 Å². The Bertz CT molecular complexity index is 494. The highest BCUT2D eigenvalue weighted by Gasteiger charge is 2.30. The smallest absolute Gasteiger partial charge is 0.226 e. The molecule has 0 aliphatic heterocycles. The molecule has 4 heteroatoms. The quantitative estimate of drug-likeness (QED) is 0.776. The van der Waals surface area contributed by atoms with Crippen molar-refractivity contribution in [1.29, 1.82) is 0 Å². The number of carbonyl (C=O) groups excluding carboxylic acids is 1. The number of rotatable bonds is 8. The van der Waals surface area contributed by atoms with Crippen LogP contribution in [0.2, 0.25) is 0 Å². The molecule has 1 amide bonds. The van der Waals surface area contributed by atoms with Crippen LogP contribution in [0.3, 0.4) is 0 Å². The summed E-state index contributed by atoms with van der Waals surface area (Å²) in [6.45, 7) is 8.51. The summed E-state index contributed by atoms with van der Waals surface area (Å²) >= 11 is 0. The Morgan fingerprint density at radius 1 is 1.23 bits per heavy atom. The van der Waals surface area contributed by atoms with Gasteiger partial charge in [-0.3, -0.25) is 4.79 Å². The number of hydrogen-bond donors (Lipinski definition) is 2. The predicted molar refractivity (Wildman–Crippen MR) is 91.0 cm³/mol. The molecular weight excluding hydrogens is 276 g/mol. The van der Waals surface area contributed by atoms with E-state index in [0.717, 1.165) is 24.2 Å². The van der Waals surface area contributed by atoms with Gasteiger partial charge in [0.05, 0.1) is 7.11 Å². The van der Waals surface area contributed by atoms with Gasteiger partial charge in [-0.25, -0.2) is 0 Å². The predicted octanol–water partition coefficient (Wildman–Crippen LogP) is 2.90. The normalized spacial score (nSPS) is 12.1. The molecule has 1 aromatic carbocycles. The van der Waals surface area contributed by atoms with E-state index < -0.39 is 5.41 Å². The number of nitrogens with one attached hydrogen (secondary N) is 1. The molecular formula is C18H30N2O2. The maximum absolute atomic E-state index is 12.5. The van der Waals surface area contributed by atoms with Crippen LogP contribution in [0.25, 0.3) is 0 Å². The topological polar surface area (TPSA) is 64.3 Å². The van der Waals surface area contributed by atoms with E-state index in [4.69, 9.17) is 10.5 Å². The zero-order chi connectivity index (χ0) is 16.8. The third kappa shape index (κ3) is 4.73. The van der Waals surface area contributed by atoms with Gasteiger partial charge in [-0.05, 0) is 30.9 Å². The first kappa shape index (κ1) is 18.5. The van der Waals surface area contributed by atoms with Crippen molar-refractivity contribution in [1.82, 2.24) is 5.32 Å². The number of nitrogens with two attached hydrogens (primary N) is 1. The van der Waals surface area contributed by atoms with E-state index in [0.29, 0.717) is 13.0 Å². The summed E-state index contributed by atoms with van der Waals surface area (Å²) in [5, 5.41) is 3.02. The largest absolute Gasteiger partial charge is 0.496 e. The first-order valence-corrected chi connectivity index (χ1v) is 7.97. The van der Waals surface area contributed by atoms with E-state index in [9.17, 15) is 4.79 Å². The molecule has 0 aliphatic rings. The first-order chi connectivity index (χ1) is 10.3. The molecule has 0 aromatic heterocycles. The molecule has 0 spiro atoms. The summed E-state index contributed by atoms with van der Waals surface area (Å²) in [4.78, 5) is 12.5. The van der Waals surface area contributed by atoms with Gasteiger partial charge in [-0.1, -0.05) is 45.9 Å². The van der Waals surface area contributed by atoms with Crippen LogP contribution in [0.15, 0.2) is 24.3 Å². The monoisotopic (exact) mass is 306 g/mol. The molecule has 124 valence electrons. The number of para-hydroxylation sites is 1. The zero-order valence-corrected chi connectivity index (χ0v) is 14.5. The van der Waals surface area contributed by atoms with Crippen LogP contribution in [0.1, 0.15) is 46.1 Å². The molecule has 3 N–H and O–H groups in total. The Kier molecular flexibility index (Phi) is 6.42. The highest BCUT2D eigenvalue weighted by atomic mass is 16.5. The van der Waals surface area contributed by atoms with Gasteiger partial charge in [0.1, 0.15) is 5.75 Å². The molecule has 0 unspecified atom stereocenters. The number of amides is 1. The Morgan fingerprint density at radius 3 is 2.36 bits per heavy atom. The van der Waals surface area contributed by atoms with Crippen molar-refractivity contribution in [2.45, 2.75) is 52.5 Å². The molecule has 0 aliphatic carbocycles. The average Bonchev–Trinajstić information content (AvgIpc) is 2.52. The van der Waals surface area contributed by atoms with Crippen molar-refractivity contribution < 1.29 is 9.53 Å². The van der Waals surface area contributed by atoms with Crippen molar-refractivity contribution in [3.05, 3.63) is 29.8 Å². The molecule has 0 saturated carbocycles. The number of carbonyl (C=O) groups is 1. The molecule has 0 radical (unpaired) electrons. The average molecular weight is 306 g/mol. The molecule has 1 aromatic rings. The van der Waals surface area contributed by atoms with E-state index >= 15 is 0 Å². The van der Waals surface area contributed by atoms with E-state index in [1.54, 1.807) is 7.11 Å². The van der Waals surface area contributed by atoms with Crippen molar-refractivity contribution in [3.8, 4) is 5.75 Å². The molecule has 1 rings (SSSR count). The molecule has 0 bridgehead atoms. The summed E-state index contributed by atoms with van der Waals surface area (Å²) in [7, 11) is 1.65. The maximum atomic E-state index is 12.5. The molecule has 0 heterocycles. The van der Waals surface area contributed by atoms with Crippen molar-refractivity contribution in [3.63, 3.8) is 0 Å². The fourth-order valence-electron chi connectivity index (χ4n) is 2.40. The minimum Gasteiger partial charge on any atom is -0.496 e. The van der Waals surface area contributed by atoms with Crippen LogP contribution >= 0.6 is 0 Å². The number of benzene rings is 1. The summed E-state index contributed by atoms with van der Waals surface area (Å²) in [5.74, 6) is 0.841. The second-order valence-corrected chi connectivity index (χ2v) is 6.62. The second kappa shape index (κ2) is 7.63. The summed E-state index contributed by atoms with van der Waals surface area (Å²) in [5.41, 5.74) is 6.45. The molecule has 0 fully saturated rings. The summed E-state index contributed by atoms with van der Waals surface area (Å²) in [6.07, 6.45) is 2.31. The van der Waals surface area contributed by atoms with Gasteiger partial charge in [0.15, 0.2) is 0 Å². The number of ether oxygens (including phenoxy) is 1. The Balaban J connectivity index is 2.75. The van der Waals surface area contributed by atoms with Crippen LogP contribution in [0.5, 0.6) is 5.75 Å². The lowest BCUT2D eigenvalue weighted by atomic mass is 9.84. The second-order valence-electron chi connectivity index (χ2n) is 6.62. The minimum atomic E-state index is -0.517. The van der Waals surface area contributed by atoms with Gasteiger partial charge >= 0.3 is 0 Å². The third-order valence-electron chi connectivity index (χ3n) is 4.45. The van der Waals surface area contributed by atoms with Crippen LogP contribution in [0, 0.1) is 5.41 Å².